The highest BCUT2D eigenvalue weighted by atomic mass is 79.9. The molecule has 3 heterocycles. The molecule has 0 fully saturated rings. The molecule has 1 unspecified atom stereocenters. The van der Waals surface area contributed by atoms with Crippen molar-refractivity contribution in [2.75, 3.05) is 5.01 Å². The third-order valence-corrected chi connectivity index (χ3v) is 6.46. The van der Waals surface area contributed by atoms with Crippen LogP contribution >= 0.6 is 39.5 Å². The summed E-state index contributed by atoms with van der Waals surface area (Å²) >= 11 is 7.06. The minimum atomic E-state index is 0.258. The highest BCUT2D eigenvalue weighted by molar-refractivity contribution is 9.10. The lowest BCUT2D eigenvalue weighted by Crippen LogP contribution is -2.30. The van der Waals surface area contributed by atoms with Crippen LogP contribution in [0.25, 0.3) is 0 Å². The van der Waals surface area contributed by atoms with Gasteiger partial charge in [0.25, 0.3) is 0 Å². The second-order valence-corrected chi connectivity index (χ2v) is 8.11. The van der Waals surface area contributed by atoms with Gasteiger partial charge in [-0.05, 0) is 35.9 Å². The number of fused-ring (bicyclic) bond motifs is 3. The zero-order valence-corrected chi connectivity index (χ0v) is 15.3. The average Bonchev–Trinajstić information content (AvgIpc) is 3.17. The van der Waals surface area contributed by atoms with Crippen LogP contribution < -0.4 is 5.01 Å². The van der Waals surface area contributed by atoms with Gasteiger partial charge < -0.3 is 0 Å². The zero-order chi connectivity index (χ0) is 15.1. The molecule has 0 radical (unpaired) electrons. The second kappa shape index (κ2) is 5.94. The van der Waals surface area contributed by atoms with Crippen LogP contribution in [0.5, 0.6) is 0 Å². The summed E-state index contributed by atoms with van der Waals surface area (Å²) in [5, 5.41) is 15.8. The molecule has 1 aromatic carbocycles. The number of thioether (sulfide) groups is 2. The van der Waals surface area contributed by atoms with Gasteiger partial charge in [-0.2, -0.15) is 0 Å². The van der Waals surface area contributed by atoms with Gasteiger partial charge in [0, 0.05) is 16.3 Å². The summed E-state index contributed by atoms with van der Waals surface area (Å²) < 4.78 is 3.32. The van der Waals surface area contributed by atoms with Crippen molar-refractivity contribution in [2.45, 2.75) is 36.7 Å². The fourth-order valence-corrected chi connectivity index (χ4v) is 5.14. The summed E-state index contributed by atoms with van der Waals surface area (Å²) in [6.45, 7) is 2.21. The van der Waals surface area contributed by atoms with Gasteiger partial charge in [0.2, 0.25) is 5.16 Å². The number of nitrogens with zero attached hydrogens (tertiary/aromatic N) is 4. The summed E-state index contributed by atoms with van der Waals surface area (Å²) in [7, 11) is 0. The first kappa shape index (κ1) is 14.7. The van der Waals surface area contributed by atoms with Crippen LogP contribution in [0.3, 0.4) is 0 Å². The van der Waals surface area contributed by atoms with Gasteiger partial charge in [0.05, 0.1) is 0 Å². The Morgan fingerprint density at radius 3 is 2.82 bits per heavy atom. The molecule has 7 heteroatoms. The van der Waals surface area contributed by atoms with Crippen LogP contribution in [0, 0.1) is 0 Å². The Morgan fingerprint density at radius 1 is 1.23 bits per heavy atom. The van der Waals surface area contributed by atoms with E-state index in [4.69, 9.17) is 0 Å². The topological polar surface area (TPSA) is 34.0 Å². The number of hydrogen-bond donors (Lipinski definition) is 0. The van der Waals surface area contributed by atoms with E-state index in [0.717, 1.165) is 28.3 Å². The number of halogens is 1. The summed E-state index contributed by atoms with van der Waals surface area (Å²) in [4.78, 5) is 0. The first-order valence-corrected chi connectivity index (χ1v) is 9.86. The van der Waals surface area contributed by atoms with Gasteiger partial charge in [0.1, 0.15) is 10.4 Å². The first-order valence-electron chi connectivity index (χ1n) is 7.30. The second-order valence-electron chi connectivity index (χ2n) is 5.26. The predicted octanol–water partition coefficient (Wildman–Crippen LogP) is 4.67. The standard InChI is InChI=1S/C15H15BrN4S2/c1-2-3-4-12-17-18-15-19(12)20-13(22-15)9-21-14(20)10-5-7-11(16)8-6-10/h5-9,14H,2-4H2,1H3. The Bertz CT molecular complexity index is 726. The summed E-state index contributed by atoms with van der Waals surface area (Å²) in [5.74, 6) is 1.07. The predicted molar refractivity (Wildman–Crippen MR) is 95.3 cm³/mol. The zero-order valence-electron chi connectivity index (χ0n) is 12.1. The molecule has 0 spiro atoms. The molecule has 4 rings (SSSR count). The molecular formula is C15H15BrN4S2. The summed E-state index contributed by atoms with van der Waals surface area (Å²) in [6, 6.07) is 8.55. The van der Waals surface area contributed by atoms with E-state index in [1.54, 1.807) is 11.8 Å². The molecule has 2 aliphatic heterocycles. The Balaban J connectivity index is 1.69. The third-order valence-electron chi connectivity index (χ3n) is 3.74. The van der Waals surface area contributed by atoms with Gasteiger partial charge in [-0.25, -0.2) is 4.68 Å². The van der Waals surface area contributed by atoms with E-state index in [2.05, 4.69) is 72.4 Å². The molecule has 2 aliphatic rings. The van der Waals surface area contributed by atoms with Crippen LogP contribution in [0.1, 0.15) is 36.5 Å². The largest absolute Gasteiger partial charge is 0.252 e. The molecule has 0 bridgehead atoms. The van der Waals surface area contributed by atoms with Crippen LogP contribution in [-0.2, 0) is 6.42 Å². The smallest absolute Gasteiger partial charge is 0.216 e. The number of aryl methyl sites for hydroxylation is 1. The fourth-order valence-electron chi connectivity index (χ4n) is 2.63. The van der Waals surface area contributed by atoms with Gasteiger partial charge in [0.15, 0.2) is 5.82 Å². The molecular weight excluding hydrogens is 380 g/mol. The molecule has 0 aliphatic carbocycles. The van der Waals surface area contributed by atoms with Crippen molar-refractivity contribution in [1.29, 1.82) is 0 Å². The summed E-state index contributed by atoms with van der Waals surface area (Å²) in [5.41, 5.74) is 1.29. The molecule has 0 saturated heterocycles. The van der Waals surface area contributed by atoms with Crippen LogP contribution in [0.4, 0.5) is 0 Å². The third kappa shape index (κ3) is 2.39. The van der Waals surface area contributed by atoms with E-state index in [-0.39, 0.29) is 5.37 Å². The van der Waals surface area contributed by atoms with Crippen molar-refractivity contribution in [2.24, 2.45) is 0 Å². The van der Waals surface area contributed by atoms with Crippen LogP contribution in [-0.4, -0.2) is 14.9 Å². The number of aromatic nitrogens is 3. The minimum Gasteiger partial charge on any atom is -0.252 e. The lowest BCUT2D eigenvalue weighted by molar-refractivity contribution is 0.591. The lowest BCUT2D eigenvalue weighted by atomic mass is 10.2. The number of rotatable bonds is 4. The average molecular weight is 395 g/mol. The Hall–Kier alpha value is -0.920. The summed E-state index contributed by atoms with van der Waals surface area (Å²) in [6.07, 6.45) is 3.29. The molecule has 22 heavy (non-hydrogen) atoms. The van der Waals surface area contributed by atoms with E-state index >= 15 is 0 Å². The van der Waals surface area contributed by atoms with E-state index < -0.39 is 0 Å². The van der Waals surface area contributed by atoms with Crippen molar-refractivity contribution in [3.05, 3.63) is 50.6 Å². The maximum absolute atomic E-state index is 4.38. The molecule has 4 nitrogen and oxygen atoms in total. The van der Waals surface area contributed by atoms with Gasteiger partial charge in [-0.3, -0.25) is 5.01 Å². The molecule has 0 amide bonds. The van der Waals surface area contributed by atoms with E-state index in [0.29, 0.717) is 0 Å². The van der Waals surface area contributed by atoms with Crippen molar-refractivity contribution in [3.8, 4) is 0 Å². The molecule has 114 valence electrons. The van der Waals surface area contributed by atoms with Gasteiger partial charge in [-0.15, -0.1) is 10.2 Å². The Morgan fingerprint density at radius 2 is 2.05 bits per heavy atom. The highest BCUT2D eigenvalue weighted by Crippen LogP contribution is 2.51. The number of unbranched alkanes of at least 4 members (excludes halogenated alkanes) is 1. The first-order chi connectivity index (χ1) is 10.8. The van der Waals surface area contributed by atoms with Crippen LogP contribution in [0.2, 0.25) is 0 Å². The molecule has 1 atom stereocenters. The maximum atomic E-state index is 4.38. The normalized spacial score (nSPS) is 19.3. The fraction of sp³-hybridized carbons (Fsp3) is 0.333. The van der Waals surface area contributed by atoms with Crippen molar-refractivity contribution >= 4 is 39.5 Å². The SMILES string of the molecule is CCCCc1nnc2n1N1C(=CSC1c1ccc(Br)cc1)S2. The van der Waals surface area contributed by atoms with E-state index in [1.807, 2.05) is 11.8 Å². The maximum Gasteiger partial charge on any atom is 0.216 e. The number of benzene rings is 1. The van der Waals surface area contributed by atoms with Crippen molar-refractivity contribution in [3.63, 3.8) is 0 Å². The molecule has 0 saturated carbocycles. The van der Waals surface area contributed by atoms with E-state index in [9.17, 15) is 0 Å². The Kier molecular flexibility index (Phi) is 3.96. The lowest BCUT2D eigenvalue weighted by Gasteiger charge is -2.25. The number of hydrogen-bond acceptors (Lipinski definition) is 5. The van der Waals surface area contributed by atoms with Crippen molar-refractivity contribution < 1.29 is 0 Å². The molecule has 2 aromatic rings. The van der Waals surface area contributed by atoms with Crippen LogP contribution in [0.15, 0.2) is 44.3 Å². The molecule has 1 aromatic heterocycles. The minimum absolute atomic E-state index is 0.258. The van der Waals surface area contributed by atoms with Gasteiger partial charge in [-0.1, -0.05) is 53.2 Å². The highest BCUT2D eigenvalue weighted by Gasteiger charge is 2.39. The van der Waals surface area contributed by atoms with E-state index in [1.165, 1.54) is 17.0 Å². The van der Waals surface area contributed by atoms with Crippen molar-refractivity contribution in [1.82, 2.24) is 14.9 Å². The quantitative estimate of drug-likeness (QED) is 0.752. The van der Waals surface area contributed by atoms with Gasteiger partial charge >= 0.3 is 0 Å². The monoisotopic (exact) mass is 394 g/mol. The molecule has 0 N–H and O–H groups in total. The Labute approximate surface area is 146 Å².